The first-order valence-corrected chi connectivity index (χ1v) is 8.01. The largest absolute Gasteiger partial charge is 1.00 e. The second-order valence-corrected chi connectivity index (χ2v) is 5.02. The summed E-state index contributed by atoms with van der Waals surface area (Å²) in [6.45, 7) is 2.92. The number of rotatable bonds is 4. The number of hydrogen-bond donors (Lipinski definition) is 1. The molecule has 0 heterocycles. The van der Waals surface area contributed by atoms with E-state index in [2.05, 4.69) is 15.2 Å². The van der Waals surface area contributed by atoms with Crippen LogP contribution in [0, 0.1) is 0 Å². The van der Waals surface area contributed by atoms with Crippen LogP contribution in [0.25, 0.3) is 0 Å². The summed E-state index contributed by atoms with van der Waals surface area (Å²) < 4.78 is 43.6. The van der Waals surface area contributed by atoms with Crippen LogP contribution in [-0.2, 0) is 26.9 Å². The van der Waals surface area contributed by atoms with Crippen molar-refractivity contribution in [3.8, 4) is 0 Å². The van der Waals surface area contributed by atoms with Crippen molar-refractivity contribution in [1.29, 1.82) is 0 Å². The third-order valence-corrected chi connectivity index (χ3v) is 3.00. The van der Waals surface area contributed by atoms with E-state index in [-0.39, 0.29) is 118 Å². The van der Waals surface area contributed by atoms with Crippen molar-refractivity contribution < 1.29 is 170 Å². The average Bonchev–Trinajstić information content (AvgIpc) is 1.99. The van der Waals surface area contributed by atoms with Crippen molar-refractivity contribution in [2.45, 2.75) is 0 Å². The molecule has 0 aromatic heterocycles. The average molecular weight is 424 g/mol. The second-order valence-electron chi connectivity index (χ2n) is 1.39. The summed E-state index contributed by atoms with van der Waals surface area (Å²) >= 11 is 0. The predicted molar refractivity (Wildman–Crippen MR) is 51.0 cm³/mol. The molecule has 0 aliphatic carbocycles. The van der Waals surface area contributed by atoms with Gasteiger partial charge in [0, 0.05) is 0 Å². The molecule has 21 heavy (non-hydrogen) atoms. The molecular weight excluding hydrogens is 416 g/mol. The second kappa shape index (κ2) is 35.4. The molecule has 0 bridgehead atoms. The van der Waals surface area contributed by atoms with Crippen molar-refractivity contribution in [3.63, 3.8) is 0 Å². The van der Waals surface area contributed by atoms with Crippen molar-refractivity contribution >= 4 is 33.0 Å². The van der Waals surface area contributed by atoms with E-state index in [0.29, 0.717) is 0 Å². The number of aliphatic hydroxyl groups excluding tert-OH is 1. The van der Waals surface area contributed by atoms with Gasteiger partial charge in [0.1, 0.15) is 33.0 Å². The fraction of sp³-hybridized carbons (Fsp3) is 0. The van der Waals surface area contributed by atoms with Crippen LogP contribution >= 0.6 is 33.0 Å². The molecule has 0 aromatic rings. The van der Waals surface area contributed by atoms with Crippen LogP contribution in [-0.4, -0.2) is 5.11 Å². The predicted octanol–water partition coefficient (Wildman–Crippen LogP) is -14.3. The molecule has 0 aromatic carbocycles. The van der Waals surface area contributed by atoms with Crippen LogP contribution in [0.4, 0.5) is 0 Å². The molecule has 0 spiro atoms. The zero-order valence-electron chi connectivity index (χ0n) is 11.8. The molecule has 0 saturated heterocycles. The summed E-state index contributed by atoms with van der Waals surface area (Å²) in [7, 11) is -14.1. The third-order valence-electron chi connectivity index (χ3n) is 0.333. The molecule has 19 heteroatoms. The maximum Gasteiger partial charge on any atom is 1.00 e. The SMILES string of the molecule is C=CO.O=[PH]([O-])O[PH](=O)[O-].O=[PH]([O-])O[PH](=O)[O-].[Na+].[Na+].[Na+].[Na+]. The fourth-order valence-electron chi connectivity index (χ4n) is 0.136. The van der Waals surface area contributed by atoms with E-state index in [1.807, 2.05) is 0 Å². The summed E-state index contributed by atoms with van der Waals surface area (Å²) in [4.78, 5) is 37.1. The first-order chi connectivity index (χ1) is 7.67. The normalized spacial score (nSPS) is 13.0. The molecular formula is C2H8Na4O11P4. The van der Waals surface area contributed by atoms with E-state index in [1.165, 1.54) is 0 Å². The zero-order chi connectivity index (χ0) is 14.4. The van der Waals surface area contributed by atoms with Gasteiger partial charge in [-0.3, -0.25) is 8.62 Å². The van der Waals surface area contributed by atoms with Gasteiger partial charge in [-0.2, -0.15) is 0 Å². The van der Waals surface area contributed by atoms with E-state index < -0.39 is 33.0 Å². The Morgan fingerprint density at radius 1 is 0.714 bits per heavy atom. The quantitative estimate of drug-likeness (QED) is 0.255. The molecule has 11 nitrogen and oxygen atoms in total. The van der Waals surface area contributed by atoms with Gasteiger partial charge < -0.3 is 42.9 Å². The molecule has 0 radical (unpaired) electrons. The topological polar surface area (TPSA) is 199 Å². The molecule has 106 valence electrons. The first kappa shape index (κ1) is 44.6. The van der Waals surface area contributed by atoms with Gasteiger partial charge in [-0.25, -0.2) is 0 Å². The van der Waals surface area contributed by atoms with Crippen molar-refractivity contribution in [3.05, 3.63) is 12.8 Å². The van der Waals surface area contributed by atoms with Gasteiger partial charge >= 0.3 is 118 Å². The maximum atomic E-state index is 9.29. The van der Waals surface area contributed by atoms with Gasteiger partial charge in [-0.1, -0.05) is 6.58 Å². The zero-order valence-corrected chi connectivity index (χ0v) is 23.8. The van der Waals surface area contributed by atoms with E-state index in [9.17, 15) is 37.8 Å². The molecule has 0 fully saturated rings. The molecule has 4 unspecified atom stereocenters. The number of aliphatic hydroxyl groups is 1. The Hall–Kier alpha value is 4.22. The van der Waals surface area contributed by atoms with Gasteiger partial charge in [0.05, 0.1) is 6.26 Å². The molecule has 0 aliphatic rings. The van der Waals surface area contributed by atoms with E-state index in [1.54, 1.807) is 0 Å². The van der Waals surface area contributed by atoms with E-state index >= 15 is 0 Å². The van der Waals surface area contributed by atoms with Gasteiger partial charge in [0.15, 0.2) is 0 Å². The first-order valence-electron chi connectivity index (χ1n) is 3.12. The van der Waals surface area contributed by atoms with Gasteiger partial charge in [0.25, 0.3) is 0 Å². The minimum absolute atomic E-state index is 0. The van der Waals surface area contributed by atoms with Gasteiger partial charge in [0.2, 0.25) is 0 Å². The Balaban J connectivity index is -0.0000000271. The van der Waals surface area contributed by atoms with Crippen molar-refractivity contribution in [2.75, 3.05) is 0 Å². The standard InChI is InChI=1S/C2H4O.4Na.2H4O5P2/c1-2-3;;;;;2*1-6(2)5-7(3)4/h2-3H,1H2;;;;;2*6-7H,(H,1,2)(H,3,4)/q;4*+1;;/p-4. The molecule has 0 rings (SSSR count). The Morgan fingerprint density at radius 3 is 0.810 bits per heavy atom. The van der Waals surface area contributed by atoms with Gasteiger partial charge in [-0.15, -0.1) is 0 Å². The minimum atomic E-state index is -3.51. The summed E-state index contributed by atoms with van der Waals surface area (Å²) in [5, 5.41) is 7.33. The molecule has 1 N–H and O–H groups in total. The van der Waals surface area contributed by atoms with Crippen LogP contribution in [0.2, 0.25) is 0 Å². The van der Waals surface area contributed by atoms with Crippen molar-refractivity contribution in [1.82, 2.24) is 0 Å². The monoisotopic (exact) mass is 424 g/mol. The van der Waals surface area contributed by atoms with E-state index in [4.69, 9.17) is 5.11 Å². The van der Waals surface area contributed by atoms with Crippen molar-refractivity contribution in [2.24, 2.45) is 0 Å². The maximum absolute atomic E-state index is 9.29. The van der Waals surface area contributed by atoms with Gasteiger partial charge in [-0.05, 0) is 0 Å². The van der Waals surface area contributed by atoms with Crippen LogP contribution < -0.4 is 138 Å². The Labute approximate surface area is 212 Å². The Kier molecular flexibility index (Phi) is 75.0. The molecule has 0 aliphatic heterocycles. The molecule has 4 atom stereocenters. The van der Waals surface area contributed by atoms with Crippen LogP contribution in [0.5, 0.6) is 0 Å². The third kappa shape index (κ3) is 80.1. The summed E-state index contributed by atoms with van der Waals surface area (Å²) in [6.07, 6.45) is 0.750. The van der Waals surface area contributed by atoms with Crippen LogP contribution in [0.1, 0.15) is 0 Å². The summed E-state index contributed by atoms with van der Waals surface area (Å²) in [6, 6.07) is 0. The Morgan fingerprint density at radius 2 is 0.810 bits per heavy atom. The van der Waals surface area contributed by atoms with E-state index in [0.717, 1.165) is 6.26 Å². The molecule has 0 amide bonds. The molecule has 0 saturated carbocycles. The fourth-order valence-corrected chi connectivity index (χ4v) is 1.22. The summed E-state index contributed by atoms with van der Waals surface area (Å²) in [5.74, 6) is 0. The smallest absolute Gasteiger partial charge is 0.781 e. The minimum Gasteiger partial charge on any atom is -0.781 e. The Bertz CT molecular complexity index is 250. The summed E-state index contributed by atoms with van der Waals surface area (Å²) in [5.41, 5.74) is 0. The van der Waals surface area contributed by atoms with Crippen LogP contribution in [0.3, 0.4) is 0 Å². The van der Waals surface area contributed by atoms with Crippen LogP contribution in [0.15, 0.2) is 12.8 Å². The number of hydrogen-bond acceptors (Lipinski definition) is 11.